The molecule has 1 aromatic carbocycles. The van der Waals surface area contributed by atoms with Crippen LogP contribution in [0.25, 0.3) is 11.3 Å². The Morgan fingerprint density at radius 1 is 1.24 bits per heavy atom. The Balaban J connectivity index is 1.69. The summed E-state index contributed by atoms with van der Waals surface area (Å²) in [5.74, 6) is 1.32. The van der Waals surface area contributed by atoms with E-state index in [4.69, 9.17) is 43.4 Å². The molecule has 180 valence electrons. The van der Waals surface area contributed by atoms with Crippen molar-refractivity contribution >= 4 is 34.8 Å². The summed E-state index contributed by atoms with van der Waals surface area (Å²) in [7, 11) is 1.59. The molecule has 10 heteroatoms. The second-order valence-electron chi connectivity index (χ2n) is 8.09. The van der Waals surface area contributed by atoms with Gasteiger partial charge in [0.05, 0.1) is 12.1 Å². The maximum absolute atomic E-state index is 14.0. The summed E-state index contributed by atoms with van der Waals surface area (Å²) in [6, 6.07) is 8.51. The number of nitrogens with zero attached hydrogens (tertiary/aromatic N) is 3. The number of aromatic nitrogens is 2. The molecule has 34 heavy (non-hydrogen) atoms. The molecule has 2 aromatic heterocycles. The number of pyridine rings is 2. The van der Waals surface area contributed by atoms with Gasteiger partial charge in [0.1, 0.15) is 29.2 Å². The average molecular weight is 506 g/mol. The molecule has 7 nitrogen and oxygen atoms in total. The molecule has 1 aliphatic rings. The van der Waals surface area contributed by atoms with Gasteiger partial charge >= 0.3 is 0 Å². The van der Waals surface area contributed by atoms with Gasteiger partial charge in [0, 0.05) is 48.0 Å². The molecule has 1 fully saturated rings. The maximum atomic E-state index is 14.0. The number of nitrogen functional groups attached to an aromatic ring is 1. The number of ether oxygens (including phenoxy) is 2. The SMILES string of the molecule is COc1ccc(N2CCNC[C@@H]2C)nc1-c1cnc(N)c(O[C@H](C)c2c(Cl)ccc(F)c2Cl)c1. The Kier molecular flexibility index (Phi) is 7.30. The summed E-state index contributed by atoms with van der Waals surface area (Å²) < 4.78 is 25.6. The first-order chi connectivity index (χ1) is 16.3. The van der Waals surface area contributed by atoms with Crippen molar-refractivity contribution in [2.45, 2.75) is 26.0 Å². The Morgan fingerprint density at radius 3 is 2.76 bits per heavy atom. The summed E-state index contributed by atoms with van der Waals surface area (Å²) in [5.41, 5.74) is 7.69. The van der Waals surface area contributed by atoms with Crippen molar-refractivity contribution in [3.8, 4) is 22.8 Å². The predicted molar refractivity (Wildman–Crippen MR) is 134 cm³/mol. The van der Waals surface area contributed by atoms with Crippen molar-refractivity contribution in [2.75, 3.05) is 37.4 Å². The molecule has 3 heterocycles. The number of nitrogens with one attached hydrogen (secondary N) is 1. The third kappa shape index (κ3) is 4.85. The number of piperazine rings is 1. The van der Waals surface area contributed by atoms with Gasteiger partial charge in [-0.2, -0.15) is 0 Å². The van der Waals surface area contributed by atoms with Gasteiger partial charge in [0.15, 0.2) is 11.6 Å². The van der Waals surface area contributed by atoms with E-state index in [9.17, 15) is 4.39 Å². The van der Waals surface area contributed by atoms with Gasteiger partial charge in [-0.05, 0) is 44.2 Å². The van der Waals surface area contributed by atoms with E-state index >= 15 is 0 Å². The monoisotopic (exact) mass is 505 g/mol. The first-order valence-corrected chi connectivity index (χ1v) is 11.6. The third-order valence-electron chi connectivity index (χ3n) is 5.80. The molecule has 0 unspecified atom stereocenters. The molecule has 0 bridgehead atoms. The van der Waals surface area contributed by atoms with E-state index in [1.807, 2.05) is 12.1 Å². The highest BCUT2D eigenvalue weighted by Gasteiger charge is 2.23. The zero-order chi connectivity index (χ0) is 24.4. The first-order valence-electron chi connectivity index (χ1n) is 10.9. The molecule has 1 aliphatic heterocycles. The molecule has 0 aliphatic carbocycles. The number of anilines is 2. The van der Waals surface area contributed by atoms with Crippen LogP contribution in [0.4, 0.5) is 16.0 Å². The molecular weight excluding hydrogens is 480 g/mol. The van der Waals surface area contributed by atoms with E-state index in [-0.39, 0.29) is 10.8 Å². The van der Waals surface area contributed by atoms with Gasteiger partial charge in [-0.15, -0.1) is 0 Å². The lowest BCUT2D eigenvalue weighted by Gasteiger charge is -2.35. The van der Waals surface area contributed by atoms with Crippen molar-refractivity contribution in [1.82, 2.24) is 15.3 Å². The lowest BCUT2D eigenvalue weighted by molar-refractivity contribution is 0.227. The second kappa shape index (κ2) is 10.2. The number of nitrogens with two attached hydrogens (primary N) is 1. The van der Waals surface area contributed by atoms with Crippen LogP contribution in [-0.4, -0.2) is 42.8 Å². The van der Waals surface area contributed by atoms with Gasteiger partial charge in [-0.1, -0.05) is 23.2 Å². The van der Waals surface area contributed by atoms with Crippen LogP contribution in [0.5, 0.6) is 11.5 Å². The predicted octanol–water partition coefficient (Wildman–Crippen LogP) is 5.12. The summed E-state index contributed by atoms with van der Waals surface area (Å²) in [6.45, 7) is 6.48. The number of methoxy groups -OCH3 is 1. The van der Waals surface area contributed by atoms with Crippen molar-refractivity contribution in [3.63, 3.8) is 0 Å². The lowest BCUT2D eigenvalue weighted by Crippen LogP contribution is -2.50. The van der Waals surface area contributed by atoms with Crippen molar-refractivity contribution < 1.29 is 13.9 Å². The number of halogens is 3. The summed E-state index contributed by atoms with van der Waals surface area (Å²) in [6.07, 6.45) is 0.933. The van der Waals surface area contributed by atoms with Gasteiger partial charge in [-0.25, -0.2) is 14.4 Å². The molecule has 0 saturated carbocycles. The molecule has 2 atom stereocenters. The van der Waals surface area contributed by atoms with Crippen molar-refractivity contribution in [1.29, 1.82) is 0 Å². The largest absolute Gasteiger partial charge is 0.494 e. The van der Waals surface area contributed by atoms with Crippen LogP contribution in [0.1, 0.15) is 25.5 Å². The topological polar surface area (TPSA) is 85.5 Å². The number of hydrogen-bond acceptors (Lipinski definition) is 7. The highest BCUT2D eigenvalue weighted by atomic mass is 35.5. The normalized spacial score (nSPS) is 16.9. The van der Waals surface area contributed by atoms with Crippen molar-refractivity contribution in [2.24, 2.45) is 0 Å². The molecule has 1 saturated heterocycles. The second-order valence-corrected chi connectivity index (χ2v) is 8.88. The molecular formula is C24H26Cl2FN5O2. The summed E-state index contributed by atoms with van der Waals surface area (Å²) in [5, 5.41) is 3.58. The minimum absolute atomic E-state index is 0.0936. The maximum Gasteiger partial charge on any atom is 0.166 e. The fraction of sp³-hybridized carbons (Fsp3) is 0.333. The average Bonchev–Trinajstić information content (AvgIpc) is 2.83. The first kappa shape index (κ1) is 24.3. The van der Waals surface area contributed by atoms with Crippen LogP contribution in [0.15, 0.2) is 36.5 Å². The van der Waals surface area contributed by atoms with Crippen LogP contribution in [0, 0.1) is 5.82 Å². The van der Waals surface area contributed by atoms with Gasteiger partial charge in [0.25, 0.3) is 0 Å². The lowest BCUT2D eigenvalue weighted by atomic mass is 10.1. The Bertz CT molecular complexity index is 1200. The highest BCUT2D eigenvalue weighted by Crippen LogP contribution is 2.38. The summed E-state index contributed by atoms with van der Waals surface area (Å²) in [4.78, 5) is 11.4. The van der Waals surface area contributed by atoms with Crippen molar-refractivity contribution in [3.05, 3.63) is 58.0 Å². The quantitative estimate of drug-likeness (QED) is 0.449. The molecule has 3 N–H and O–H groups in total. The smallest absolute Gasteiger partial charge is 0.166 e. The Hall–Kier alpha value is -2.81. The molecule has 0 spiro atoms. The highest BCUT2D eigenvalue weighted by molar-refractivity contribution is 6.36. The Morgan fingerprint density at radius 2 is 2.03 bits per heavy atom. The van der Waals surface area contributed by atoms with E-state index < -0.39 is 11.9 Å². The number of rotatable bonds is 6. The van der Waals surface area contributed by atoms with Crippen LogP contribution in [-0.2, 0) is 0 Å². The van der Waals surface area contributed by atoms with Crippen LogP contribution in [0.3, 0.4) is 0 Å². The van der Waals surface area contributed by atoms with Crippen LogP contribution < -0.4 is 25.4 Å². The van der Waals surface area contributed by atoms with Gasteiger partial charge in [-0.3, -0.25) is 0 Å². The minimum atomic E-state index is -0.682. The van der Waals surface area contributed by atoms with Gasteiger partial charge < -0.3 is 25.4 Å². The van der Waals surface area contributed by atoms with E-state index in [2.05, 4.69) is 22.1 Å². The van der Waals surface area contributed by atoms with E-state index in [1.165, 1.54) is 12.1 Å². The Labute approximate surface area is 208 Å². The third-order valence-corrected chi connectivity index (χ3v) is 6.52. The molecule has 0 amide bonds. The van der Waals surface area contributed by atoms with Crippen LogP contribution in [0.2, 0.25) is 10.0 Å². The van der Waals surface area contributed by atoms with E-state index in [0.29, 0.717) is 39.4 Å². The molecule has 3 aromatic rings. The standard InChI is InChI=1S/C24H26Cl2FN5O2/c1-13-11-29-8-9-32(13)20-7-6-18(33-3)23(31-20)15-10-19(24(28)30-12-15)34-14(2)21-16(25)4-5-17(27)22(21)26/h4-7,10,12-14,29H,8-9,11H2,1-3H3,(H2,28,30)/t13-,14+/m0/s1. The summed E-state index contributed by atoms with van der Waals surface area (Å²) >= 11 is 12.4. The fourth-order valence-corrected chi connectivity index (χ4v) is 4.67. The van der Waals surface area contributed by atoms with Crippen LogP contribution >= 0.6 is 23.2 Å². The molecule has 4 rings (SSSR count). The fourth-order valence-electron chi connectivity index (χ4n) is 3.99. The zero-order valence-electron chi connectivity index (χ0n) is 19.1. The number of hydrogen-bond donors (Lipinski definition) is 2. The van der Waals surface area contributed by atoms with E-state index in [1.54, 1.807) is 26.3 Å². The number of benzene rings is 1. The zero-order valence-corrected chi connectivity index (χ0v) is 20.6. The van der Waals surface area contributed by atoms with Gasteiger partial charge in [0.2, 0.25) is 0 Å². The molecule has 0 radical (unpaired) electrons. The van der Waals surface area contributed by atoms with E-state index in [0.717, 1.165) is 25.5 Å². The minimum Gasteiger partial charge on any atom is -0.494 e.